The predicted molar refractivity (Wildman–Crippen MR) is 80.9 cm³/mol. The summed E-state index contributed by atoms with van der Waals surface area (Å²) in [6, 6.07) is 9.53. The fourth-order valence-electron chi connectivity index (χ4n) is 2.75. The Hall–Kier alpha value is -1.06. The van der Waals surface area contributed by atoms with Gasteiger partial charge in [-0.1, -0.05) is 26.0 Å². The van der Waals surface area contributed by atoms with Gasteiger partial charge in [0.1, 0.15) is 0 Å². The van der Waals surface area contributed by atoms with Gasteiger partial charge in [-0.3, -0.25) is 4.90 Å². The van der Waals surface area contributed by atoms with Crippen molar-refractivity contribution >= 4 is 5.69 Å². The molecule has 1 aromatic carbocycles. The summed E-state index contributed by atoms with van der Waals surface area (Å²) < 4.78 is 0. The van der Waals surface area contributed by atoms with Gasteiger partial charge in [-0.2, -0.15) is 0 Å². The quantitative estimate of drug-likeness (QED) is 0.882. The number of hydrogen-bond donors (Lipinski definition) is 1. The molecule has 0 saturated carbocycles. The van der Waals surface area contributed by atoms with Crippen LogP contribution in [0.1, 0.15) is 31.7 Å². The second-order valence-electron chi connectivity index (χ2n) is 5.84. The number of rotatable bonds is 5. The van der Waals surface area contributed by atoms with Gasteiger partial charge in [-0.25, -0.2) is 0 Å². The van der Waals surface area contributed by atoms with Crippen LogP contribution in [0.25, 0.3) is 0 Å². The van der Waals surface area contributed by atoms with Gasteiger partial charge >= 0.3 is 0 Å². The van der Waals surface area contributed by atoms with E-state index in [4.69, 9.17) is 5.11 Å². The standard InChI is InChI=1S/C16H26N2O/c1-13(2)14-4-6-15(7-5-14)18-9-8-16(12-18)17(3)10-11-19/h4-7,13,16,19H,8-12H2,1-3H3. The highest BCUT2D eigenvalue weighted by Crippen LogP contribution is 2.24. The zero-order chi connectivity index (χ0) is 13.8. The molecule has 1 N–H and O–H groups in total. The lowest BCUT2D eigenvalue weighted by molar-refractivity contribution is 0.188. The summed E-state index contributed by atoms with van der Waals surface area (Å²) in [5.41, 5.74) is 2.72. The first-order valence-electron chi connectivity index (χ1n) is 7.28. The Morgan fingerprint density at radius 1 is 1.32 bits per heavy atom. The highest BCUT2D eigenvalue weighted by molar-refractivity contribution is 5.49. The van der Waals surface area contributed by atoms with E-state index in [1.165, 1.54) is 17.7 Å². The normalized spacial score (nSPS) is 19.7. The van der Waals surface area contributed by atoms with E-state index in [0.29, 0.717) is 12.0 Å². The third-order valence-corrected chi connectivity index (χ3v) is 4.16. The monoisotopic (exact) mass is 262 g/mol. The largest absolute Gasteiger partial charge is 0.395 e. The minimum atomic E-state index is 0.246. The fraction of sp³-hybridized carbons (Fsp3) is 0.625. The number of aliphatic hydroxyl groups excluding tert-OH is 1. The molecule has 2 rings (SSSR count). The van der Waals surface area contributed by atoms with Crippen molar-refractivity contribution in [2.45, 2.75) is 32.2 Å². The van der Waals surface area contributed by atoms with Crippen molar-refractivity contribution < 1.29 is 5.11 Å². The molecular weight excluding hydrogens is 236 g/mol. The molecule has 1 atom stereocenters. The van der Waals surface area contributed by atoms with Crippen LogP contribution in [0.3, 0.4) is 0 Å². The maximum Gasteiger partial charge on any atom is 0.0558 e. The topological polar surface area (TPSA) is 26.7 Å². The van der Waals surface area contributed by atoms with Gasteiger partial charge in [0, 0.05) is 31.4 Å². The van der Waals surface area contributed by atoms with E-state index in [-0.39, 0.29) is 6.61 Å². The number of nitrogens with zero attached hydrogens (tertiary/aromatic N) is 2. The zero-order valence-electron chi connectivity index (χ0n) is 12.3. The van der Waals surface area contributed by atoms with Crippen LogP contribution >= 0.6 is 0 Å². The molecule has 0 aromatic heterocycles. The highest BCUT2D eigenvalue weighted by atomic mass is 16.3. The molecule has 1 aliphatic rings. The maximum atomic E-state index is 9.01. The summed E-state index contributed by atoms with van der Waals surface area (Å²) in [5, 5.41) is 9.01. The van der Waals surface area contributed by atoms with Crippen molar-refractivity contribution in [3.8, 4) is 0 Å². The summed E-state index contributed by atoms with van der Waals surface area (Å²) in [7, 11) is 2.10. The molecule has 19 heavy (non-hydrogen) atoms. The molecule has 1 saturated heterocycles. The van der Waals surface area contributed by atoms with Crippen LogP contribution < -0.4 is 4.90 Å². The highest BCUT2D eigenvalue weighted by Gasteiger charge is 2.25. The van der Waals surface area contributed by atoms with E-state index in [0.717, 1.165) is 19.6 Å². The minimum Gasteiger partial charge on any atom is -0.395 e. The predicted octanol–water partition coefficient (Wildman–Crippen LogP) is 2.31. The average molecular weight is 262 g/mol. The van der Waals surface area contributed by atoms with Crippen molar-refractivity contribution in [1.82, 2.24) is 4.90 Å². The van der Waals surface area contributed by atoms with Crippen LogP contribution in [0.4, 0.5) is 5.69 Å². The second-order valence-corrected chi connectivity index (χ2v) is 5.84. The number of anilines is 1. The Bertz CT molecular complexity index is 388. The average Bonchev–Trinajstić information content (AvgIpc) is 2.89. The molecule has 0 radical (unpaired) electrons. The van der Waals surface area contributed by atoms with Crippen molar-refractivity contribution in [1.29, 1.82) is 0 Å². The van der Waals surface area contributed by atoms with Gasteiger partial charge in [0.2, 0.25) is 0 Å². The number of likely N-dealkylation sites (N-methyl/N-ethyl adjacent to an activating group) is 1. The third kappa shape index (κ3) is 3.48. The summed E-state index contributed by atoms with van der Waals surface area (Å²) in [6.07, 6.45) is 1.18. The molecule has 3 heteroatoms. The minimum absolute atomic E-state index is 0.246. The van der Waals surface area contributed by atoms with E-state index in [9.17, 15) is 0 Å². The third-order valence-electron chi connectivity index (χ3n) is 4.16. The van der Waals surface area contributed by atoms with Gasteiger partial charge in [-0.05, 0) is 37.1 Å². The van der Waals surface area contributed by atoms with Crippen LogP contribution in [0.15, 0.2) is 24.3 Å². The second kappa shape index (κ2) is 6.40. The van der Waals surface area contributed by atoms with Gasteiger partial charge < -0.3 is 10.0 Å². The Morgan fingerprint density at radius 2 is 2.00 bits per heavy atom. The molecule has 106 valence electrons. The smallest absolute Gasteiger partial charge is 0.0558 e. The van der Waals surface area contributed by atoms with Crippen LogP contribution in [-0.2, 0) is 0 Å². The van der Waals surface area contributed by atoms with Crippen molar-refractivity contribution in [3.63, 3.8) is 0 Å². The van der Waals surface area contributed by atoms with E-state index in [1.807, 2.05) is 0 Å². The summed E-state index contributed by atoms with van der Waals surface area (Å²) in [6.45, 7) is 7.65. The molecule has 1 aromatic rings. The molecule has 0 bridgehead atoms. The van der Waals surface area contributed by atoms with Gasteiger partial charge in [0.15, 0.2) is 0 Å². The molecule has 0 aliphatic carbocycles. The maximum absolute atomic E-state index is 9.01. The lowest BCUT2D eigenvalue weighted by atomic mass is 10.0. The molecule has 1 heterocycles. The Morgan fingerprint density at radius 3 is 2.58 bits per heavy atom. The van der Waals surface area contributed by atoms with E-state index >= 15 is 0 Å². The molecule has 3 nitrogen and oxygen atoms in total. The molecule has 0 amide bonds. The zero-order valence-corrected chi connectivity index (χ0v) is 12.3. The summed E-state index contributed by atoms with van der Waals surface area (Å²) >= 11 is 0. The molecule has 1 fully saturated rings. The van der Waals surface area contributed by atoms with Crippen LogP contribution in [-0.4, -0.2) is 49.3 Å². The Balaban J connectivity index is 1.96. The Kier molecular flexibility index (Phi) is 4.83. The van der Waals surface area contributed by atoms with Crippen molar-refractivity contribution in [2.75, 3.05) is 38.2 Å². The van der Waals surface area contributed by atoms with Crippen LogP contribution in [0, 0.1) is 0 Å². The van der Waals surface area contributed by atoms with Crippen molar-refractivity contribution in [3.05, 3.63) is 29.8 Å². The first kappa shape index (κ1) is 14.4. The molecule has 1 aliphatic heterocycles. The van der Waals surface area contributed by atoms with Gasteiger partial charge in [0.05, 0.1) is 6.61 Å². The van der Waals surface area contributed by atoms with Gasteiger partial charge in [-0.15, -0.1) is 0 Å². The molecule has 0 spiro atoms. The van der Waals surface area contributed by atoms with E-state index in [2.05, 4.69) is 55.0 Å². The lowest BCUT2D eigenvalue weighted by Crippen LogP contribution is -2.36. The lowest BCUT2D eigenvalue weighted by Gasteiger charge is -2.24. The number of aliphatic hydroxyl groups is 1. The molecular formula is C16H26N2O. The first-order chi connectivity index (χ1) is 9.11. The Labute approximate surface area is 116 Å². The van der Waals surface area contributed by atoms with Gasteiger partial charge in [0.25, 0.3) is 0 Å². The first-order valence-corrected chi connectivity index (χ1v) is 7.28. The molecule has 1 unspecified atom stereocenters. The van der Waals surface area contributed by atoms with Crippen molar-refractivity contribution in [2.24, 2.45) is 0 Å². The number of hydrogen-bond acceptors (Lipinski definition) is 3. The summed E-state index contributed by atoms with van der Waals surface area (Å²) in [4.78, 5) is 4.71. The number of benzene rings is 1. The summed E-state index contributed by atoms with van der Waals surface area (Å²) in [5.74, 6) is 0.594. The SMILES string of the molecule is CC(C)c1ccc(N2CCC(N(C)CCO)C2)cc1. The van der Waals surface area contributed by atoms with E-state index in [1.54, 1.807) is 0 Å². The van der Waals surface area contributed by atoms with Crippen LogP contribution in [0.5, 0.6) is 0 Å². The van der Waals surface area contributed by atoms with E-state index < -0.39 is 0 Å². The van der Waals surface area contributed by atoms with Crippen LogP contribution in [0.2, 0.25) is 0 Å². The fourth-order valence-corrected chi connectivity index (χ4v) is 2.75.